The standard InChI is InChI=1S/C18H20O/c1-17(2)12-14-8-5-6-10-18(14)15-9-4-3-7-13(15)11-16(18)19-17/h3-4,7,9,11-12H,5-6,8,10H2,1-2H3. The molecule has 0 aromatic heterocycles. The van der Waals surface area contributed by atoms with Crippen LogP contribution in [0.4, 0.5) is 0 Å². The number of hydrogen-bond donors (Lipinski definition) is 0. The van der Waals surface area contributed by atoms with E-state index >= 15 is 0 Å². The minimum Gasteiger partial charge on any atom is -0.487 e. The first-order valence-corrected chi connectivity index (χ1v) is 7.35. The van der Waals surface area contributed by atoms with E-state index in [1.54, 1.807) is 5.57 Å². The second kappa shape index (κ2) is 3.53. The summed E-state index contributed by atoms with van der Waals surface area (Å²) in [7, 11) is 0. The van der Waals surface area contributed by atoms with E-state index in [4.69, 9.17) is 4.74 Å². The van der Waals surface area contributed by atoms with Crippen molar-refractivity contribution >= 4 is 6.08 Å². The van der Waals surface area contributed by atoms with Crippen LogP contribution in [0, 0.1) is 0 Å². The zero-order chi connectivity index (χ0) is 13.1. The third-order valence-corrected chi connectivity index (χ3v) is 4.82. The molecular formula is C18H20O. The fraction of sp³-hybridized carbons (Fsp3) is 0.444. The van der Waals surface area contributed by atoms with Crippen LogP contribution in [0.5, 0.6) is 0 Å². The van der Waals surface area contributed by atoms with Gasteiger partial charge in [-0.15, -0.1) is 0 Å². The van der Waals surface area contributed by atoms with Crippen molar-refractivity contribution in [3.63, 3.8) is 0 Å². The van der Waals surface area contributed by atoms with E-state index in [0.717, 1.165) is 0 Å². The minimum atomic E-state index is -0.163. The maximum absolute atomic E-state index is 6.33. The largest absolute Gasteiger partial charge is 0.487 e. The lowest BCUT2D eigenvalue weighted by Gasteiger charge is -2.46. The van der Waals surface area contributed by atoms with E-state index in [9.17, 15) is 0 Å². The van der Waals surface area contributed by atoms with Crippen LogP contribution in [0.15, 0.2) is 41.7 Å². The van der Waals surface area contributed by atoms with Crippen LogP contribution in [0.3, 0.4) is 0 Å². The highest BCUT2D eigenvalue weighted by Gasteiger charge is 2.51. The van der Waals surface area contributed by atoms with Crippen molar-refractivity contribution in [2.45, 2.75) is 50.5 Å². The Morgan fingerprint density at radius 3 is 2.84 bits per heavy atom. The Morgan fingerprint density at radius 2 is 1.95 bits per heavy atom. The summed E-state index contributed by atoms with van der Waals surface area (Å²) in [6.07, 6.45) is 9.70. The molecule has 0 N–H and O–H groups in total. The summed E-state index contributed by atoms with van der Waals surface area (Å²) >= 11 is 0. The normalized spacial score (nSPS) is 30.4. The average molecular weight is 252 g/mol. The van der Waals surface area contributed by atoms with Crippen molar-refractivity contribution in [1.82, 2.24) is 0 Å². The number of benzene rings is 1. The maximum Gasteiger partial charge on any atom is 0.121 e. The highest BCUT2D eigenvalue weighted by atomic mass is 16.5. The number of fused-ring (bicyclic) bond motifs is 1. The lowest BCUT2D eigenvalue weighted by molar-refractivity contribution is 0.0390. The summed E-state index contributed by atoms with van der Waals surface area (Å²) in [5, 5.41) is 0. The van der Waals surface area contributed by atoms with Gasteiger partial charge in [0, 0.05) is 0 Å². The van der Waals surface area contributed by atoms with E-state index in [1.807, 2.05) is 0 Å². The zero-order valence-corrected chi connectivity index (χ0v) is 11.7. The van der Waals surface area contributed by atoms with Crippen LogP contribution >= 0.6 is 0 Å². The van der Waals surface area contributed by atoms with Crippen molar-refractivity contribution in [2.75, 3.05) is 0 Å². The molecule has 19 heavy (non-hydrogen) atoms. The van der Waals surface area contributed by atoms with Crippen LogP contribution in [0.25, 0.3) is 6.08 Å². The Balaban J connectivity index is 1.99. The van der Waals surface area contributed by atoms with Crippen LogP contribution in [-0.4, -0.2) is 5.60 Å². The molecule has 1 heterocycles. The number of hydrogen-bond acceptors (Lipinski definition) is 1. The first-order chi connectivity index (χ1) is 9.12. The molecule has 1 aromatic rings. The van der Waals surface area contributed by atoms with Gasteiger partial charge in [0.15, 0.2) is 0 Å². The van der Waals surface area contributed by atoms with Crippen LogP contribution in [0.1, 0.15) is 50.7 Å². The van der Waals surface area contributed by atoms with Crippen LogP contribution in [-0.2, 0) is 10.2 Å². The molecule has 0 amide bonds. The minimum absolute atomic E-state index is 0.0738. The fourth-order valence-corrected chi connectivity index (χ4v) is 4.12. The smallest absolute Gasteiger partial charge is 0.121 e. The molecule has 1 spiro atoms. The summed E-state index contributed by atoms with van der Waals surface area (Å²) in [4.78, 5) is 0. The molecule has 1 aliphatic heterocycles. The van der Waals surface area contributed by atoms with Gasteiger partial charge < -0.3 is 4.74 Å². The molecule has 2 aliphatic carbocycles. The summed E-state index contributed by atoms with van der Waals surface area (Å²) in [5.41, 5.74) is 4.31. The van der Waals surface area contributed by atoms with Gasteiger partial charge in [-0.05, 0) is 56.4 Å². The van der Waals surface area contributed by atoms with Gasteiger partial charge in [0.05, 0.1) is 5.41 Å². The number of allylic oxidation sites excluding steroid dienone is 1. The molecule has 1 fully saturated rings. The fourth-order valence-electron chi connectivity index (χ4n) is 4.12. The molecule has 0 radical (unpaired) electrons. The number of ether oxygens (including phenoxy) is 1. The van der Waals surface area contributed by atoms with E-state index in [-0.39, 0.29) is 11.0 Å². The van der Waals surface area contributed by atoms with Crippen LogP contribution in [0.2, 0.25) is 0 Å². The van der Waals surface area contributed by atoms with Crippen molar-refractivity contribution in [1.29, 1.82) is 0 Å². The van der Waals surface area contributed by atoms with Gasteiger partial charge in [0.2, 0.25) is 0 Å². The third kappa shape index (κ3) is 1.42. The lowest BCUT2D eigenvalue weighted by Crippen LogP contribution is -2.41. The van der Waals surface area contributed by atoms with E-state index in [0.29, 0.717) is 0 Å². The van der Waals surface area contributed by atoms with E-state index in [1.165, 1.54) is 42.6 Å². The molecule has 1 atom stereocenters. The first-order valence-electron chi connectivity index (χ1n) is 7.35. The van der Waals surface area contributed by atoms with Gasteiger partial charge in [-0.2, -0.15) is 0 Å². The summed E-state index contributed by atoms with van der Waals surface area (Å²) < 4.78 is 6.33. The summed E-state index contributed by atoms with van der Waals surface area (Å²) in [6.45, 7) is 4.34. The van der Waals surface area contributed by atoms with Gasteiger partial charge in [0.25, 0.3) is 0 Å². The molecule has 0 bridgehead atoms. The van der Waals surface area contributed by atoms with Crippen molar-refractivity contribution in [2.24, 2.45) is 0 Å². The lowest BCUT2D eigenvalue weighted by atomic mass is 9.64. The molecule has 0 saturated heterocycles. The average Bonchev–Trinajstić information content (AvgIpc) is 2.68. The SMILES string of the molecule is CC1(C)C=C2CCCCC23C(=Cc2ccccc23)O1. The third-order valence-electron chi connectivity index (χ3n) is 4.82. The Labute approximate surface area is 115 Å². The summed E-state index contributed by atoms with van der Waals surface area (Å²) in [5.74, 6) is 1.19. The Kier molecular flexibility index (Phi) is 2.11. The van der Waals surface area contributed by atoms with Crippen LogP contribution < -0.4 is 0 Å². The maximum atomic E-state index is 6.33. The Hall–Kier alpha value is -1.50. The predicted molar refractivity (Wildman–Crippen MR) is 77.8 cm³/mol. The highest BCUT2D eigenvalue weighted by molar-refractivity contribution is 5.72. The van der Waals surface area contributed by atoms with Gasteiger partial charge in [0.1, 0.15) is 11.4 Å². The molecular weight excluding hydrogens is 232 g/mol. The Morgan fingerprint density at radius 1 is 1.11 bits per heavy atom. The van der Waals surface area contributed by atoms with Crippen molar-refractivity contribution in [3.8, 4) is 0 Å². The van der Waals surface area contributed by atoms with Gasteiger partial charge in [-0.3, -0.25) is 0 Å². The zero-order valence-electron chi connectivity index (χ0n) is 11.7. The van der Waals surface area contributed by atoms with Gasteiger partial charge >= 0.3 is 0 Å². The van der Waals surface area contributed by atoms with E-state index < -0.39 is 0 Å². The summed E-state index contributed by atoms with van der Waals surface area (Å²) in [6, 6.07) is 8.80. The molecule has 98 valence electrons. The topological polar surface area (TPSA) is 9.23 Å². The molecule has 3 aliphatic rings. The van der Waals surface area contributed by atoms with E-state index in [2.05, 4.69) is 50.3 Å². The first kappa shape index (κ1) is 11.3. The molecule has 1 heteroatoms. The molecule has 4 rings (SSSR count). The van der Waals surface area contributed by atoms with Gasteiger partial charge in [-0.25, -0.2) is 0 Å². The molecule has 1 aromatic carbocycles. The molecule has 1 unspecified atom stereocenters. The monoisotopic (exact) mass is 252 g/mol. The predicted octanol–water partition coefficient (Wildman–Crippen LogP) is 4.59. The molecule has 1 nitrogen and oxygen atoms in total. The Bertz CT molecular complexity index is 606. The second-order valence-electron chi connectivity index (χ2n) is 6.58. The van der Waals surface area contributed by atoms with Crippen molar-refractivity contribution < 1.29 is 4.74 Å². The second-order valence-corrected chi connectivity index (χ2v) is 6.58. The van der Waals surface area contributed by atoms with Crippen molar-refractivity contribution in [3.05, 3.63) is 52.8 Å². The quantitative estimate of drug-likeness (QED) is 0.614. The number of rotatable bonds is 0. The molecule has 1 saturated carbocycles. The highest BCUT2D eigenvalue weighted by Crippen LogP contribution is 2.57. The van der Waals surface area contributed by atoms with Gasteiger partial charge in [-0.1, -0.05) is 36.3 Å².